The number of hydrogen-bond acceptors (Lipinski definition) is 7. The highest BCUT2D eigenvalue weighted by Gasteiger charge is 2.27. The lowest BCUT2D eigenvalue weighted by Crippen LogP contribution is -2.20. The molecule has 2 N–H and O–H groups in total. The van der Waals surface area contributed by atoms with Crippen LogP contribution in [0.2, 0.25) is 0 Å². The molecular weight excluding hydrogens is 428 g/mol. The van der Waals surface area contributed by atoms with Crippen molar-refractivity contribution < 1.29 is 37.3 Å². The number of carbonyl (C=O) groups is 2. The second-order valence-corrected chi connectivity index (χ2v) is 8.40. The maximum atomic E-state index is 13.0. The van der Waals surface area contributed by atoms with Crippen LogP contribution in [0.1, 0.15) is 15.9 Å². The zero-order valence-corrected chi connectivity index (χ0v) is 18.0. The van der Waals surface area contributed by atoms with Crippen LogP contribution in [0.3, 0.4) is 0 Å². The summed E-state index contributed by atoms with van der Waals surface area (Å²) in [6, 6.07) is 6.73. The normalized spacial score (nSPS) is 13.1. The van der Waals surface area contributed by atoms with Gasteiger partial charge in [0.15, 0.2) is 11.5 Å². The van der Waals surface area contributed by atoms with E-state index in [0.717, 1.165) is 0 Å². The summed E-state index contributed by atoms with van der Waals surface area (Å²) in [5, 5.41) is 9.55. The summed E-state index contributed by atoms with van der Waals surface area (Å²) in [6.07, 6.45) is 0.0929. The molecule has 0 aromatic heterocycles. The number of carboxylic acids is 1. The summed E-state index contributed by atoms with van der Waals surface area (Å²) in [6.45, 7) is 0.422. The number of likely N-dealkylation sites (N-methyl/N-ethyl adjacent to an activating group) is 1. The van der Waals surface area contributed by atoms with E-state index in [1.165, 1.54) is 43.4 Å². The fourth-order valence-electron chi connectivity index (χ4n) is 3.15. The molecule has 1 amide bonds. The number of sulfonamides is 1. The fourth-order valence-corrected chi connectivity index (χ4v) is 4.27. The highest BCUT2D eigenvalue weighted by molar-refractivity contribution is 7.92. The number of nitrogens with one attached hydrogen (secondary N) is 1. The first-order chi connectivity index (χ1) is 14.7. The Balaban J connectivity index is 1.98. The minimum atomic E-state index is -4.15. The molecule has 1 heterocycles. The number of anilines is 2. The van der Waals surface area contributed by atoms with Crippen LogP contribution >= 0.6 is 0 Å². The number of aromatic carboxylic acids is 1. The van der Waals surface area contributed by atoms with Crippen LogP contribution < -0.4 is 19.1 Å². The molecule has 11 heteroatoms. The van der Waals surface area contributed by atoms with Crippen molar-refractivity contribution in [2.75, 3.05) is 44.1 Å². The topological polar surface area (TPSA) is 131 Å². The molecule has 0 saturated carbocycles. The van der Waals surface area contributed by atoms with E-state index in [1.807, 2.05) is 0 Å². The van der Waals surface area contributed by atoms with Gasteiger partial charge in [-0.05, 0) is 23.8 Å². The van der Waals surface area contributed by atoms with Gasteiger partial charge in [0.1, 0.15) is 6.61 Å². The molecule has 0 fully saturated rings. The van der Waals surface area contributed by atoms with Gasteiger partial charge in [0.2, 0.25) is 5.91 Å². The maximum Gasteiger partial charge on any atom is 0.337 e. The summed E-state index contributed by atoms with van der Waals surface area (Å²) < 4.78 is 43.9. The Hall–Kier alpha value is -3.31. The van der Waals surface area contributed by atoms with Crippen molar-refractivity contribution >= 4 is 33.3 Å². The third-order valence-corrected chi connectivity index (χ3v) is 6.13. The number of carboxylic acid groups (broad SMARTS) is 1. The molecule has 0 spiro atoms. The summed E-state index contributed by atoms with van der Waals surface area (Å²) in [5.74, 6) is -1.20. The van der Waals surface area contributed by atoms with Crippen molar-refractivity contribution in [1.29, 1.82) is 0 Å². The van der Waals surface area contributed by atoms with Gasteiger partial charge in [-0.25, -0.2) is 13.2 Å². The molecule has 0 bridgehead atoms. The van der Waals surface area contributed by atoms with E-state index in [2.05, 4.69) is 4.72 Å². The Labute approximate surface area is 179 Å². The van der Waals surface area contributed by atoms with Gasteiger partial charge < -0.3 is 24.2 Å². The molecular formula is C20H22N2O8S. The lowest BCUT2D eigenvalue weighted by molar-refractivity contribution is -0.117. The van der Waals surface area contributed by atoms with Crippen LogP contribution in [-0.4, -0.2) is 59.9 Å². The first-order valence-electron chi connectivity index (χ1n) is 9.17. The molecule has 2 aromatic carbocycles. The van der Waals surface area contributed by atoms with E-state index in [0.29, 0.717) is 11.3 Å². The number of benzene rings is 2. The molecule has 1 aliphatic heterocycles. The third kappa shape index (κ3) is 4.57. The number of hydrogen-bond donors (Lipinski definition) is 2. The second kappa shape index (κ2) is 8.82. The lowest BCUT2D eigenvalue weighted by atomic mass is 10.1. The number of carbonyl (C=O) groups excluding carboxylic acids is 1. The van der Waals surface area contributed by atoms with E-state index in [-0.39, 0.29) is 53.2 Å². The average Bonchev–Trinajstić information content (AvgIpc) is 3.01. The summed E-state index contributed by atoms with van der Waals surface area (Å²) >= 11 is 0. The lowest BCUT2D eigenvalue weighted by Gasteiger charge is -2.16. The van der Waals surface area contributed by atoms with Gasteiger partial charge >= 0.3 is 5.97 Å². The Kier molecular flexibility index (Phi) is 6.37. The van der Waals surface area contributed by atoms with Crippen molar-refractivity contribution in [3.8, 4) is 11.5 Å². The molecule has 0 aliphatic carbocycles. The van der Waals surface area contributed by atoms with Gasteiger partial charge in [-0.3, -0.25) is 9.52 Å². The Morgan fingerprint density at radius 3 is 2.55 bits per heavy atom. The van der Waals surface area contributed by atoms with E-state index in [4.69, 9.17) is 14.2 Å². The monoisotopic (exact) mass is 450 g/mol. The summed E-state index contributed by atoms with van der Waals surface area (Å²) in [4.78, 5) is 24.9. The van der Waals surface area contributed by atoms with E-state index < -0.39 is 16.0 Å². The van der Waals surface area contributed by atoms with Gasteiger partial charge in [-0.1, -0.05) is 0 Å². The maximum absolute atomic E-state index is 13.0. The number of fused-ring (bicyclic) bond motifs is 1. The second-order valence-electron chi connectivity index (χ2n) is 6.72. The van der Waals surface area contributed by atoms with Crippen LogP contribution in [-0.2, 0) is 26.0 Å². The molecule has 10 nitrogen and oxygen atoms in total. The number of methoxy groups -OCH3 is 2. The molecule has 0 radical (unpaired) electrons. The minimum Gasteiger partial charge on any atom is -0.493 e. The van der Waals surface area contributed by atoms with Crippen LogP contribution in [0.4, 0.5) is 11.4 Å². The van der Waals surface area contributed by atoms with Crippen molar-refractivity contribution in [2.45, 2.75) is 11.3 Å². The van der Waals surface area contributed by atoms with E-state index >= 15 is 0 Å². The molecule has 166 valence electrons. The minimum absolute atomic E-state index is 0.0929. The molecule has 0 unspecified atom stereocenters. The van der Waals surface area contributed by atoms with Crippen LogP contribution in [0.15, 0.2) is 35.2 Å². The highest BCUT2D eigenvalue weighted by atomic mass is 32.2. The smallest absolute Gasteiger partial charge is 0.337 e. The molecule has 0 atom stereocenters. The van der Waals surface area contributed by atoms with Gasteiger partial charge in [-0.2, -0.15) is 0 Å². The van der Waals surface area contributed by atoms with E-state index in [9.17, 15) is 23.1 Å². The standard InChI is InChI=1S/C20H22N2O8S/c1-22-16-5-4-13(8-12(16)9-19(22)23)31(26,27)21-15-11-18(30-7-6-28-2)17(29-3)10-14(15)20(24)25/h4-5,8,10-11,21H,6-7,9H2,1-3H3,(H,24,25). The molecule has 1 aliphatic rings. The third-order valence-electron chi connectivity index (χ3n) is 4.76. The molecule has 31 heavy (non-hydrogen) atoms. The van der Waals surface area contributed by atoms with Crippen LogP contribution in [0.25, 0.3) is 0 Å². The zero-order chi connectivity index (χ0) is 22.8. The number of amides is 1. The van der Waals surface area contributed by atoms with E-state index in [1.54, 1.807) is 13.1 Å². The van der Waals surface area contributed by atoms with Gasteiger partial charge in [0.05, 0.1) is 36.3 Å². The molecule has 3 rings (SSSR count). The number of rotatable bonds is 9. The van der Waals surface area contributed by atoms with Crippen molar-refractivity contribution in [2.24, 2.45) is 0 Å². The predicted molar refractivity (Wildman–Crippen MR) is 112 cm³/mol. The van der Waals surface area contributed by atoms with Gasteiger partial charge in [-0.15, -0.1) is 0 Å². The average molecular weight is 450 g/mol. The first kappa shape index (κ1) is 22.4. The quantitative estimate of drug-likeness (QED) is 0.552. The van der Waals surface area contributed by atoms with Crippen molar-refractivity contribution in [3.05, 3.63) is 41.5 Å². The van der Waals surface area contributed by atoms with Crippen LogP contribution in [0.5, 0.6) is 11.5 Å². The zero-order valence-electron chi connectivity index (χ0n) is 17.2. The SMILES string of the molecule is COCCOc1cc(NS(=O)(=O)c2ccc3c(c2)CC(=O)N3C)c(C(=O)O)cc1OC. The van der Waals surface area contributed by atoms with Gasteiger partial charge in [0.25, 0.3) is 10.0 Å². The first-order valence-corrected chi connectivity index (χ1v) is 10.7. The Morgan fingerprint density at radius 2 is 1.90 bits per heavy atom. The van der Waals surface area contributed by atoms with Gasteiger partial charge in [0, 0.05) is 32.0 Å². The fraction of sp³-hybridized carbons (Fsp3) is 0.300. The Bertz CT molecular complexity index is 1130. The molecule has 2 aromatic rings. The number of nitrogens with zero attached hydrogens (tertiary/aromatic N) is 1. The largest absolute Gasteiger partial charge is 0.493 e. The highest BCUT2D eigenvalue weighted by Crippen LogP contribution is 2.35. The summed E-state index contributed by atoms with van der Waals surface area (Å²) in [5.41, 5.74) is 0.714. The predicted octanol–water partition coefficient (Wildman–Crippen LogP) is 1.74. The number of ether oxygens (including phenoxy) is 3. The molecule has 0 saturated heterocycles. The Morgan fingerprint density at radius 1 is 1.16 bits per heavy atom. The van der Waals surface area contributed by atoms with Crippen LogP contribution in [0, 0.1) is 0 Å². The summed E-state index contributed by atoms with van der Waals surface area (Å²) in [7, 11) is 0.301. The van der Waals surface area contributed by atoms with Crippen molar-refractivity contribution in [3.63, 3.8) is 0 Å². The van der Waals surface area contributed by atoms with Crippen molar-refractivity contribution in [1.82, 2.24) is 0 Å².